The first kappa shape index (κ1) is 15.9. The number of benzene rings is 1. The van der Waals surface area contributed by atoms with E-state index in [1.807, 2.05) is 0 Å². The maximum Gasteiger partial charge on any atom is 0.244 e. The molecule has 7 heteroatoms. The van der Waals surface area contributed by atoms with Gasteiger partial charge in [-0.2, -0.15) is 0 Å². The lowest BCUT2D eigenvalue weighted by Crippen LogP contribution is -2.39. The molecule has 4 rings (SSSR count). The molecule has 2 bridgehead atoms. The summed E-state index contributed by atoms with van der Waals surface area (Å²) in [5.41, 5.74) is 0.369. The van der Waals surface area contributed by atoms with Gasteiger partial charge in [0.05, 0.1) is 22.5 Å². The predicted molar refractivity (Wildman–Crippen MR) is 89.6 cm³/mol. The second kappa shape index (κ2) is 5.74. The molecular formula is C17H16Cl2N2O3. The van der Waals surface area contributed by atoms with Crippen LogP contribution in [0.1, 0.15) is 19.3 Å². The summed E-state index contributed by atoms with van der Waals surface area (Å²) in [5.74, 6) is -0.626. The van der Waals surface area contributed by atoms with E-state index in [4.69, 9.17) is 23.2 Å². The molecule has 3 fully saturated rings. The first-order chi connectivity index (χ1) is 11.5. The van der Waals surface area contributed by atoms with Gasteiger partial charge in [-0.25, -0.2) is 0 Å². The van der Waals surface area contributed by atoms with Gasteiger partial charge in [0.15, 0.2) is 0 Å². The summed E-state index contributed by atoms with van der Waals surface area (Å²) in [6.07, 6.45) is 3.01. The minimum atomic E-state index is -0.451. The fourth-order valence-corrected chi connectivity index (χ4v) is 4.89. The summed E-state index contributed by atoms with van der Waals surface area (Å²) in [5, 5.41) is 3.41. The summed E-state index contributed by atoms with van der Waals surface area (Å²) in [6.45, 7) is -0.271. The number of likely N-dealkylation sites (tertiary alicyclic amines) is 1. The molecule has 2 saturated carbocycles. The molecular weight excluding hydrogens is 351 g/mol. The van der Waals surface area contributed by atoms with Crippen LogP contribution >= 0.6 is 23.2 Å². The van der Waals surface area contributed by atoms with E-state index in [9.17, 15) is 14.4 Å². The van der Waals surface area contributed by atoms with Crippen LogP contribution in [0, 0.1) is 23.7 Å². The Kier molecular flexibility index (Phi) is 3.81. The van der Waals surface area contributed by atoms with Crippen LogP contribution in [0.5, 0.6) is 0 Å². The zero-order valence-electron chi connectivity index (χ0n) is 12.8. The number of halogens is 2. The molecule has 126 valence electrons. The monoisotopic (exact) mass is 366 g/mol. The Hall–Kier alpha value is -1.59. The Labute approximate surface area is 149 Å². The van der Waals surface area contributed by atoms with E-state index < -0.39 is 5.91 Å². The van der Waals surface area contributed by atoms with Gasteiger partial charge in [-0.15, -0.1) is 0 Å². The smallest absolute Gasteiger partial charge is 0.244 e. The summed E-state index contributed by atoms with van der Waals surface area (Å²) < 4.78 is 0. The van der Waals surface area contributed by atoms with Crippen LogP contribution in [-0.4, -0.2) is 29.2 Å². The van der Waals surface area contributed by atoms with Crippen LogP contribution in [0.15, 0.2) is 18.2 Å². The summed E-state index contributed by atoms with van der Waals surface area (Å²) in [4.78, 5) is 38.5. The quantitative estimate of drug-likeness (QED) is 0.836. The third-order valence-electron chi connectivity index (χ3n) is 5.52. The van der Waals surface area contributed by atoms with Gasteiger partial charge in [-0.05, 0) is 49.3 Å². The van der Waals surface area contributed by atoms with Gasteiger partial charge in [-0.1, -0.05) is 23.2 Å². The number of nitrogens with one attached hydrogen (secondary N) is 1. The topological polar surface area (TPSA) is 66.5 Å². The number of fused-ring (bicyclic) bond motifs is 5. The first-order valence-electron chi connectivity index (χ1n) is 8.06. The minimum absolute atomic E-state index is 0.190. The van der Waals surface area contributed by atoms with Gasteiger partial charge in [0.1, 0.15) is 6.54 Å². The average molecular weight is 367 g/mol. The Morgan fingerprint density at radius 1 is 1.12 bits per heavy atom. The van der Waals surface area contributed by atoms with Crippen LogP contribution in [0.2, 0.25) is 10.0 Å². The van der Waals surface area contributed by atoms with E-state index in [2.05, 4.69) is 5.32 Å². The molecule has 1 aromatic carbocycles. The third-order valence-corrected chi connectivity index (χ3v) is 6.09. The highest BCUT2D eigenvalue weighted by molar-refractivity contribution is 6.35. The zero-order valence-corrected chi connectivity index (χ0v) is 14.3. The maximum absolute atomic E-state index is 12.6. The van der Waals surface area contributed by atoms with E-state index in [0.717, 1.165) is 24.2 Å². The van der Waals surface area contributed by atoms with Crippen molar-refractivity contribution in [3.05, 3.63) is 28.2 Å². The van der Waals surface area contributed by atoms with Crippen LogP contribution in [-0.2, 0) is 14.4 Å². The second-order valence-electron chi connectivity index (χ2n) is 6.82. The Morgan fingerprint density at radius 2 is 1.75 bits per heavy atom. The minimum Gasteiger partial charge on any atom is -0.323 e. The number of rotatable bonds is 3. The van der Waals surface area contributed by atoms with Crippen molar-refractivity contribution in [2.45, 2.75) is 19.3 Å². The van der Waals surface area contributed by atoms with E-state index in [0.29, 0.717) is 27.6 Å². The molecule has 4 atom stereocenters. The standard InChI is InChI=1S/C17H16Cl2N2O3/c18-10-3-4-11(19)12(6-10)20-13(22)7-21-16(23)14-8-1-2-9(5-8)15(14)17(21)24/h3-4,6,8-9,14-15H,1-2,5,7H2,(H,20,22)/t8-,9-,14-,15-/m0/s1. The van der Waals surface area contributed by atoms with Gasteiger partial charge >= 0.3 is 0 Å². The molecule has 1 saturated heterocycles. The molecule has 1 N–H and O–H groups in total. The lowest BCUT2D eigenvalue weighted by molar-refractivity contribution is -0.143. The molecule has 0 spiro atoms. The van der Waals surface area contributed by atoms with Crippen LogP contribution in [0.4, 0.5) is 5.69 Å². The maximum atomic E-state index is 12.6. The lowest BCUT2D eigenvalue weighted by atomic mass is 9.81. The molecule has 1 aromatic rings. The number of amides is 3. The van der Waals surface area contributed by atoms with Gasteiger partial charge in [-0.3, -0.25) is 19.3 Å². The van der Waals surface area contributed by atoms with E-state index in [1.165, 1.54) is 6.07 Å². The lowest BCUT2D eigenvalue weighted by Gasteiger charge is -2.19. The molecule has 1 heterocycles. The Balaban J connectivity index is 1.47. The van der Waals surface area contributed by atoms with Crippen molar-refractivity contribution >= 4 is 46.6 Å². The van der Waals surface area contributed by atoms with Gasteiger partial charge in [0.25, 0.3) is 0 Å². The van der Waals surface area contributed by atoms with Crippen molar-refractivity contribution in [1.29, 1.82) is 0 Å². The molecule has 0 radical (unpaired) electrons. The molecule has 0 unspecified atom stereocenters. The SMILES string of the molecule is O=C(CN1C(=O)[C@H]2[C@H]3CC[C@@H](C3)[C@@H]2C1=O)Nc1cc(Cl)ccc1Cl. The normalized spacial score (nSPS) is 30.8. The van der Waals surface area contributed by atoms with Crippen LogP contribution in [0.25, 0.3) is 0 Å². The molecule has 5 nitrogen and oxygen atoms in total. The van der Waals surface area contributed by atoms with E-state index in [1.54, 1.807) is 12.1 Å². The molecule has 24 heavy (non-hydrogen) atoms. The largest absolute Gasteiger partial charge is 0.323 e. The molecule has 0 aromatic heterocycles. The Bertz CT molecular complexity index is 723. The second-order valence-corrected chi connectivity index (χ2v) is 7.66. The van der Waals surface area contributed by atoms with Crippen molar-refractivity contribution in [1.82, 2.24) is 4.90 Å². The number of carbonyl (C=O) groups excluding carboxylic acids is 3. The molecule has 1 aliphatic heterocycles. The molecule has 3 aliphatic rings. The van der Waals surface area contributed by atoms with Gasteiger partial charge in [0.2, 0.25) is 17.7 Å². The molecule has 3 amide bonds. The number of carbonyl (C=O) groups is 3. The first-order valence-corrected chi connectivity index (χ1v) is 8.81. The van der Waals surface area contributed by atoms with Crippen molar-refractivity contribution in [3.63, 3.8) is 0 Å². The van der Waals surface area contributed by atoms with Gasteiger partial charge < -0.3 is 5.32 Å². The highest BCUT2D eigenvalue weighted by Crippen LogP contribution is 2.56. The van der Waals surface area contributed by atoms with Crippen molar-refractivity contribution < 1.29 is 14.4 Å². The van der Waals surface area contributed by atoms with Crippen molar-refractivity contribution in [2.24, 2.45) is 23.7 Å². The number of hydrogen-bond donors (Lipinski definition) is 1. The van der Waals surface area contributed by atoms with Crippen molar-refractivity contribution in [2.75, 3.05) is 11.9 Å². The summed E-state index contributed by atoms with van der Waals surface area (Å²) in [6, 6.07) is 4.72. The average Bonchev–Trinajstić information content (AvgIpc) is 3.21. The van der Waals surface area contributed by atoms with Crippen molar-refractivity contribution in [3.8, 4) is 0 Å². The number of anilines is 1. The third kappa shape index (κ3) is 2.42. The zero-order chi connectivity index (χ0) is 17.0. The predicted octanol–water partition coefficient (Wildman–Crippen LogP) is 2.96. The highest BCUT2D eigenvalue weighted by Gasteiger charge is 2.60. The van der Waals surface area contributed by atoms with Crippen LogP contribution in [0.3, 0.4) is 0 Å². The fourth-order valence-electron chi connectivity index (χ4n) is 4.55. The number of nitrogens with zero attached hydrogens (tertiary/aromatic N) is 1. The van der Waals surface area contributed by atoms with E-state index in [-0.39, 0.29) is 30.2 Å². The van der Waals surface area contributed by atoms with E-state index >= 15 is 0 Å². The number of hydrogen-bond acceptors (Lipinski definition) is 3. The summed E-state index contributed by atoms with van der Waals surface area (Å²) >= 11 is 11.9. The van der Waals surface area contributed by atoms with Crippen LogP contribution < -0.4 is 5.32 Å². The summed E-state index contributed by atoms with van der Waals surface area (Å²) in [7, 11) is 0. The fraction of sp³-hybridized carbons (Fsp3) is 0.471. The molecule has 2 aliphatic carbocycles. The van der Waals surface area contributed by atoms with Gasteiger partial charge in [0, 0.05) is 5.02 Å². The Morgan fingerprint density at radius 3 is 2.38 bits per heavy atom. The number of imide groups is 1. The highest BCUT2D eigenvalue weighted by atomic mass is 35.5.